The van der Waals surface area contributed by atoms with Crippen LogP contribution < -0.4 is 10.6 Å². The zero-order chi connectivity index (χ0) is 12.7. The summed E-state index contributed by atoms with van der Waals surface area (Å²) in [6.07, 6.45) is 4.11. The Kier molecular flexibility index (Phi) is 5.92. The van der Waals surface area contributed by atoms with Crippen LogP contribution in [0.25, 0.3) is 0 Å². The van der Waals surface area contributed by atoms with Gasteiger partial charge in [0.2, 0.25) is 5.91 Å². The highest BCUT2D eigenvalue weighted by Gasteiger charge is 2.41. The van der Waals surface area contributed by atoms with Gasteiger partial charge in [0.1, 0.15) is 0 Å². The molecule has 0 saturated carbocycles. The highest BCUT2D eigenvalue weighted by Crippen LogP contribution is 2.32. The maximum absolute atomic E-state index is 12.5. The SMILES string of the molecule is CCCC1(C(=O)N(C)CCCNC)CCNC1. The van der Waals surface area contributed by atoms with Gasteiger partial charge in [-0.05, 0) is 39.4 Å². The van der Waals surface area contributed by atoms with Crippen LogP contribution in [-0.4, -0.2) is 51.1 Å². The summed E-state index contributed by atoms with van der Waals surface area (Å²) in [7, 11) is 3.88. The number of carbonyl (C=O) groups excluding carboxylic acids is 1. The van der Waals surface area contributed by atoms with Crippen LogP contribution in [-0.2, 0) is 4.79 Å². The predicted molar refractivity (Wildman–Crippen MR) is 71.0 cm³/mol. The fourth-order valence-electron chi connectivity index (χ4n) is 2.72. The molecule has 0 bridgehead atoms. The lowest BCUT2D eigenvalue weighted by Crippen LogP contribution is -2.44. The van der Waals surface area contributed by atoms with Gasteiger partial charge < -0.3 is 15.5 Å². The molecule has 0 aromatic carbocycles. The first kappa shape index (κ1) is 14.5. The third-order valence-corrected chi connectivity index (χ3v) is 3.69. The quantitative estimate of drug-likeness (QED) is 0.649. The van der Waals surface area contributed by atoms with E-state index in [2.05, 4.69) is 17.6 Å². The summed E-state index contributed by atoms with van der Waals surface area (Å²) in [6, 6.07) is 0. The molecule has 1 amide bonds. The van der Waals surface area contributed by atoms with Gasteiger partial charge >= 0.3 is 0 Å². The molecule has 1 aliphatic heterocycles. The van der Waals surface area contributed by atoms with Crippen molar-refractivity contribution in [1.29, 1.82) is 0 Å². The topological polar surface area (TPSA) is 44.4 Å². The van der Waals surface area contributed by atoms with E-state index in [0.29, 0.717) is 5.91 Å². The van der Waals surface area contributed by atoms with Crippen LogP contribution in [0.2, 0.25) is 0 Å². The third-order valence-electron chi connectivity index (χ3n) is 3.69. The van der Waals surface area contributed by atoms with Crippen LogP contribution in [0, 0.1) is 5.41 Å². The van der Waals surface area contributed by atoms with E-state index in [-0.39, 0.29) is 5.41 Å². The Labute approximate surface area is 105 Å². The Morgan fingerprint density at radius 1 is 1.53 bits per heavy atom. The van der Waals surface area contributed by atoms with Crippen molar-refractivity contribution in [3.8, 4) is 0 Å². The molecule has 2 N–H and O–H groups in total. The van der Waals surface area contributed by atoms with Gasteiger partial charge in [-0.2, -0.15) is 0 Å². The van der Waals surface area contributed by atoms with E-state index >= 15 is 0 Å². The van der Waals surface area contributed by atoms with E-state index in [9.17, 15) is 4.79 Å². The van der Waals surface area contributed by atoms with Crippen LogP contribution in [0.15, 0.2) is 0 Å². The number of hydrogen-bond acceptors (Lipinski definition) is 3. The molecule has 0 aromatic heterocycles. The summed E-state index contributed by atoms with van der Waals surface area (Å²) in [5, 5.41) is 6.46. The van der Waals surface area contributed by atoms with Gasteiger partial charge in [-0.1, -0.05) is 13.3 Å². The predicted octanol–water partition coefficient (Wildman–Crippen LogP) is 0.834. The van der Waals surface area contributed by atoms with Crippen LogP contribution >= 0.6 is 0 Å². The van der Waals surface area contributed by atoms with E-state index in [1.54, 1.807) is 0 Å². The van der Waals surface area contributed by atoms with Gasteiger partial charge in [0, 0.05) is 20.1 Å². The van der Waals surface area contributed by atoms with Crippen molar-refractivity contribution < 1.29 is 4.79 Å². The molecule has 100 valence electrons. The second-order valence-corrected chi connectivity index (χ2v) is 5.14. The van der Waals surface area contributed by atoms with Crippen molar-refractivity contribution in [2.24, 2.45) is 5.41 Å². The van der Waals surface area contributed by atoms with Gasteiger partial charge in [-0.3, -0.25) is 4.79 Å². The minimum absolute atomic E-state index is 0.122. The molecular formula is C13H27N3O. The maximum Gasteiger partial charge on any atom is 0.229 e. The molecule has 0 aliphatic carbocycles. The molecule has 4 nitrogen and oxygen atoms in total. The fourth-order valence-corrected chi connectivity index (χ4v) is 2.72. The van der Waals surface area contributed by atoms with Gasteiger partial charge in [-0.15, -0.1) is 0 Å². The van der Waals surface area contributed by atoms with Crippen molar-refractivity contribution in [2.45, 2.75) is 32.6 Å². The lowest BCUT2D eigenvalue weighted by Gasteiger charge is -2.31. The molecule has 4 heteroatoms. The van der Waals surface area contributed by atoms with Crippen LogP contribution in [0.5, 0.6) is 0 Å². The lowest BCUT2D eigenvalue weighted by atomic mass is 9.81. The van der Waals surface area contributed by atoms with Crippen molar-refractivity contribution >= 4 is 5.91 Å². The average molecular weight is 241 g/mol. The molecule has 17 heavy (non-hydrogen) atoms. The second-order valence-electron chi connectivity index (χ2n) is 5.14. The largest absolute Gasteiger partial charge is 0.345 e. The van der Waals surface area contributed by atoms with Crippen LogP contribution in [0.1, 0.15) is 32.6 Å². The Balaban J connectivity index is 2.52. The van der Waals surface area contributed by atoms with E-state index in [1.807, 2.05) is 19.0 Å². The zero-order valence-corrected chi connectivity index (χ0v) is 11.5. The third kappa shape index (κ3) is 3.68. The van der Waals surface area contributed by atoms with E-state index in [1.165, 1.54) is 0 Å². The molecule has 0 aromatic rings. The summed E-state index contributed by atoms with van der Waals surface area (Å²) >= 11 is 0. The average Bonchev–Trinajstić information content (AvgIpc) is 2.78. The van der Waals surface area contributed by atoms with Gasteiger partial charge in [0.05, 0.1) is 5.41 Å². The first-order valence-corrected chi connectivity index (χ1v) is 6.77. The first-order chi connectivity index (χ1) is 8.16. The number of hydrogen-bond donors (Lipinski definition) is 2. The maximum atomic E-state index is 12.5. The normalized spacial score (nSPS) is 23.9. The first-order valence-electron chi connectivity index (χ1n) is 6.77. The second kappa shape index (κ2) is 6.97. The molecule has 1 rings (SSSR count). The Morgan fingerprint density at radius 3 is 2.82 bits per heavy atom. The van der Waals surface area contributed by atoms with Gasteiger partial charge in [-0.25, -0.2) is 0 Å². The summed E-state index contributed by atoms with van der Waals surface area (Å²) in [4.78, 5) is 14.4. The monoisotopic (exact) mass is 241 g/mol. The fraction of sp³-hybridized carbons (Fsp3) is 0.923. The van der Waals surface area contributed by atoms with E-state index in [4.69, 9.17) is 0 Å². The van der Waals surface area contributed by atoms with Gasteiger partial charge in [0.25, 0.3) is 0 Å². The molecule has 1 unspecified atom stereocenters. The summed E-state index contributed by atoms with van der Waals surface area (Å²) in [5.41, 5.74) is -0.122. The Morgan fingerprint density at radius 2 is 2.29 bits per heavy atom. The molecule has 1 heterocycles. The van der Waals surface area contributed by atoms with Crippen molar-refractivity contribution in [2.75, 3.05) is 40.3 Å². The lowest BCUT2D eigenvalue weighted by molar-refractivity contribution is -0.140. The molecule has 1 saturated heterocycles. The molecule has 0 radical (unpaired) electrons. The van der Waals surface area contributed by atoms with Crippen LogP contribution in [0.4, 0.5) is 0 Å². The van der Waals surface area contributed by atoms with Crippen molar-refractivity contribution in [3.05, 3.63) is 0 Å². The highest BCUT2D eigenvalue weighted by atomic mass is 16.2. The zero-order valence-electron chi connectivity index (χ0n) is 11.5. The number of nitrogens with one attached hydrogen (secondary N) is 2. The summed E-state index contributed by atoms with van der Waals surface area (Å²) in [5.74, 6) is 0.334. The summed E-state index contributed by atoms with van der Waals surface area (Å²) in [6.45, 7) is 5.82. The standard InChI is InChI=1S/C13H27N3O/c1-4-6-13(7-9-15-11-13)12(17)16(3)10-5-8-14-2/h14-15H,4-11H2,1-3H3. The molecule has 1 fully saturated rings. The van der Waals surface area contributed by atoms with E-state index < -0.39 is 0 Å². The molecule has 0 spiro atoms. The number of rotatable bonds is 7. The molecular weight excluding hydrogens is 214 g/mol. The minimum Gasteiger partial charge on any atom is -0.345 e. The Hall–Kier alpha value is -0.610. The smallest absolute Gasteiger partial charge is 0.229 e. The highest BCUT2D eigenvalue weighted by molar-refractivity contribution is 5.83. The van der Waals surface area contributed by atoms with Crippen molar-refractivity contribution in [3.63, 3.8) is 0 Å². The summed E-state index contributed by atoms with van der Waals surface area (Å²) < 4.78 is 0. The van der Waals surface area contributed by atoms with E-state index in [0.717, 1.165) is 51.9 Å². The number of carbonyl (C=O) groups is 1. The number of amides is 1. The van der Waals surface area contributed by atoms with Crippen molar-refractivity contribution in [1.82, 2.24) is 15.5 Å². The van der Waals surface area contributed by atoms with Gasteiger partial charge in [0.15, 0.2) is 0 Å². The van der Waals surface area contributed by atoms with Crippen LogP contribution in [0.3, 0.4) is 0 Å². The minimum atomic E-state index is -0.122. The molecule has 1 atom stereocenters. The number of nitrogens with zero attached hydrogens (tertiary/aromatic N) is 1. The Bertz CT molecular complexity index is 237. The molecule has 1 aliphatic rings.